The molecule has 0 spiro atoms. The number of rotatable bonds is 4. The van der Waals surface area contributed by atoms with Gasteiger partial charge in [0.25, 0.3) is 10.0 Å². The van der Waals surface area contributed by atoms with Crippen molar-refractivity contribution in [1.82, 2.24) is 15.0 Å². The van der Waals surface area contributed by atoms with E-state index in [9.17, 15) is 13.2 Å². The molecule has 1 aromatic carbocycles. The van der Waals surface area contributed by atoms with Crippen molar-refractivity contribution in [3.63, 3.8) is 0 Å². The van der Waals surface area contributed by atoms with Crippen LogP contribution in [-0.2, 0) is 17.1 Å². The highest BCUT2D eigenvalue weighted by Crippen LogP contribution is 2.18. The minimum absolute atomic E-state index is 0.0109. The molecule has 2 aromatic rings. The lowest BCUT2D eigenvalue weighted by molar-refractivity contribution is 0.101. The Bertz CT molecular complexity index is 748. The normalized spacial score (nSPS) is 11.3. The number of nitrogens with one attached hydrogen (secondary N) is 1. The summed E-state index contributed by atoms with van der Waals surface area (Å²) in [5.41, 5.74) is 0.943. The standard InChI is InChI=1S/C12H14N4O3S/c1-8-4-6-10(7-5-8)20(18,19)14-12-11(9(2)17)13-15-16(12)3/h4-7,14H,1-3H3. The van der Waals surface area contributed by atoms with Gasteiger partial charge in [0.2, 0.25) is 0 Å². The molecular weight excluding hydrogens is 280 g/mol. The van der Waals surface area contributed by atoms with Crippen LogP contribution < -0.4 is 4.72 Å². The SMILES string of the molecule is CC(=O)c1nnn(C)c1NS(=O)(=O)c1ccc(C)cc1. The van der Waals surface area contributed by atoms with Crippen LogP contribution in [0, 0.1) is 6.92 Å². The van der Waals surface area contributed by atoms with Crippen molar-refractivity contribution in [3.05, 3.63) is 35.5 Å². The van der Waals surface area contributed by atoms with Gasteiger partial charge < -0.3 is 0 Å². The number of ketones is 1. The van der Waals surface area contributed by atoms with Crippen LogP contribution in [0.1, 0.15) is 23.0 Å². The third-order valence-electron chi connectivity index (χ3n) is 2.72. The number of aryl methyl sites for hydroxylation is 2. The van der Waals surface area contributed by atoms with Crippen molar-refractivity contribution in [2.24, 2.45) is 7.05 Å². The fraction of sp³-hybridized carbons (Fsp3) is 0.250. The Hall–Kier alpha value is -2.22. The lowest BCUT2D eigenvalue weighted by atomic mass is 10.2. The van der Waals surface area contributed by atoms with Gasteiger partial charge >= 0.3 is 0 Å². The zero-order valence-electron chi connectivity index (χ0n) is 11.3. The van der Waals surface area contributed by atoms with Gasteiger partial charge in [0.1, 0.15) is 0 Å². The molecule has 1 heterocycles. The molecule has 8 heteroatoms. The Morgan fingerprint density at radius 2 is 1.85 bits per heavy atom. The van der Waals surface area contributed by atoms with Gasteiger partial charge in [-0.15, -0.1) is 5.10 Å². The summed E-state index contributed by atoms with van der Waals surface area (Å²) in [6.45, 7) is 3.16. The topological polar surface area (TPSA) is 93.9 Å². The molecule has 7 nitrogen and oxygen atoms in total. The van der Waals surface area contributed by atoms with Gasteiger partial charge in [0.15, 0.2) is 17.3 Å². The fourth-order valence-corrected chi connectivity index (χ4v) is 2.71. The quantitative estimate of drug-likeness (QED) is 0.853. The highest BCUT2D eigenvalue weighted by molar-refractivity contribution is 7.92. The van der Waals surface area contributed by atoms with E-state index in [0.29, 0.717) is 0 Å². The third kappa shape index (κ3) is 2.69. The summed E-state index contributed by atoms with van der Waals surface area (Å²) in [5.74, 6) is -0.308. The summed E-state index contributed by atoms with van der Waals surface area (Å²) in [6, 6.07) is 6.38. The molecule has 0 fully saturated rings. The maximum Gasteiger partial charge on any atom is 0.263 e. The third-order valence-corrected chi connectivity index (χ3v) is 4.08. The predicted octanol–water partition coefficient (Wildman–Crippen LogP) is 1.13. The Morgan fingerprint density at radius 1 is 1.25 bits per heavy atom. The number of Topliss-reactive ketones (excluding diaryl/α,β-unsaturated/α-hetero) is 1. The number of benzene rings is 1. The summed E-state index contributed by atoms with van der Waals surface area (Å²) in [6.07, 6.45) is 0. The van der Waals surface area contributed by atoms with E-state index >= 15 is 0 Å². The number of hydrogen-bond donors (Lipinski definition) is 1. The molecule has 20 heavy (non-hydrogen) atoms. The van der Waals surface area contributed by atoms with Crippen molar-refractivity contribution in [2.75, 3.05) is 4.72 Å². The molecule has 106 valence electrons. The molecule has 0 unspecified atom stereocenters. The van der Waals surface area contributed by atoms with Crippen molar-refractivity contribution < 1.29 is 13.2 Å². The molecule has 0 aliphatic heterocycles. The van der Waals surface area contributed by atoms with Crippen LogP contribution >= 0.6 is 0 Å². The molecule has 0 saturated heterocycles. The number of aromatic nitrogens is 3. The molecule has 0 radical (unpaired) electrons. The second-order valence-corrected chi connectivity index (χ2v) is 6.07. The number of sulfonamides is 1. The molecule has 1 N–H and O–H groups in total. The summed E-state index contributed by atoms with van der Waals surface area (Å²) in [4.78, 5) is 11.5. The van der Waals surface area contributed by atoms with Crippen molar-refractivity contribution >= 4 is 21.6 Å². The van der Waals surface area contributed by atoms with E-state index in [1.165, 1.54) is 30.8 Å². The van der Waals surface area contributed by atoms with Crippen LogP contribution in [0.5, 0.6) is 0 Å². The van der Waals surface area contributed by atoms with E-state index in [1.807, 2.05) is 6.92 Å². The first-order chi connectivity index (χ1) is 9.31. The number of carbonyl (C=O) groups is 1. The number of carbonyl (C=O) groups excluding carboxylic acids is 1. The summed E-state index contributed by atoms with van der Waals surface area (Å²) in [5, 5.41) is 7.29. The molecule has 0 aliphatic rings. The molecule has 0 bridgehead atoms. The molecule has 0 amide bonds. The molecule has 0 saturated carbocycles. The Kier molecular flexibility index (Phi) is 3.58. The molecule has 2 rings (SSSR count). The van der Waals surface area contributed by atoms with Gasteiger partial charge in [-0.25, -0.2) is 13.1 Å². The van der Waals surface area contributed by atoms with E-state index in [2.05, 4.69) is 15.0 Å². The van der Waals surface area contributed by atoms with Crippen molar-refractivity contribution in [3.8, 4) is 0 Å². The number of hydrogen-bond acceptors (Lipinski definition) is 5. The Morgan fingerprint density at radius 3 is 2.40 bits per heavy atom. The van der Waals surface area contributed by atoms with Gasteiger partial charge in [-0.1, -0.05) is 22.9 Å². The van der Waals surface area contributed by atoms with Crippen LogP contribution in [0.25, 0.3) is 0 Å². The second kappa shape index (κ2) is 5.04. The Balaban J connectivity index is 2.41. The largest absolute Gasteiger partial charge is 0.293 e. The zero-order valence-corrected chi connectivity index (χ0v) is 12.1. The van der Waals surface area contributed by atoms with E-state index in [4.69, 9.17) is 0 Å². The van der Waals surface area contributed by atoms with Gasteiger partial charge in [-0.05, 0) is 19.1 Å². The number of nitrogens with zero attached hydrogens (tertiary/aromatic N) is 3. The van der Waals surface area contributed by atoms with Crippen LogP contribution in [-0.4, -0.2) is 29.2 Å². The van der Waals surface area contributed by atoms with Gasteiger partial charge in [-0.3, -0.25) is 9.52 Å². The summed E-state index contributed by atoms with van der Waals surface area (Å²) in [7, 11) is -2.28. The number of anilines is 1. The fourth-order valence-electron chi connectivity index (χ4n) is 1.61. The summed E-state index contributed by atoms with van der Waals surface area (Å²) < 4.78 is 28.0. The van der Waals surface area contributed by atoms with E-state index in [-0.39, 0.29) is 22.2 Å². The van der Waals surface area contributed by atoms with Gasteiger partial charge in [0, 0.05) is 14.0 Å². The van der Waals surface area contributed by atoms with Gasteiger partial charge in [0.05, 0.1) is 4.90 Å². The Labute approximate surface area is 116 Å². The molecular formula is C12H14N4O3S. The second-order valence-electron chi connectivity index (χ2n) is 4.39. The van der Waals surface area contributed by atoms with Crippen LogP contribution in [0.3, 0.4) is 0 Å². The van der Waals surface area contributed by atoms with E-state index in [1.54, 1.807) is 12.1 Å². The average molecular weight is 294 g/mol. The monoisotopic (exact) mass is 294 g/mol. The van der Waals surface area contributed by atoms with Crippen molar-refractivity contribution in [1.29, 1.82) is 0 Å². The highest BCUT2D eigenvalue weighted by Gasteiger charge is 2.21. The first-order valence-corrected chi connectivity index (χ1v) is 7.29. The smallest absolute Gasteiger partial charge is 0.263 e. The lowest BCUT2D eigenvalue weighted by Gasteiger charge is -2.08. The minimum Gasteiger partial charge on any atom is -0.293 e. The lowest BCUT2D eigenvalue weighted by Crippen LogP contribution is -2.17. The molecule has 1 aromatic heterocycles. The van der Waals surface area contributed by atoms with Crippen molar-refractivity contribution in [2.45, 2.75) is 18.7 Å². The van der Waals surface area contributed by atoms with E-state index in [0.717, 1.165) is 5.56 Å². The first-order valence-electron chi connectivity index (χ1n) is 5.81. The predicted molar refractivity (Wildman–Crippen MR) is 73.0 cm³/mol. The maximum atomic E-state index is 12.2. The minimum atomic E-state index is -3.78. The average Bonchev–Trinajstić information content (AvgIpc) is 2.71. The van der Waals surface area contributed by atoms with Gasteiger partial charge in [-0.2, -0.15) is 0 Å². The highest BCUT2D eigenvalue weighted by atomic mass is 32.2. The van der Waals surface area contributed by atoms with Crippen LogP contribution in [0.15, 0.2) is 29.2 Å². The van der Waals surface area contributed by atoms with Crippen LogP contribution in [0.2, 0.25) is 0 Å². The molecule has 0 atom stereocenters. The summed E-state index contributed by atoms with van der Waals surface area (Å²) >= 11 is 0. The van der Waals surface area contributed by atoms with E-state index < -0.39 is 10.0 Å². The maximum absolute atomic E-state index is 12.2. The van der Waals surface area contributed by atoms with Crippen LogP contribution in [0.4, 0.5) is 5.82 Å². The first kappa shape index (κ1) is 14.2. The zero-order chi connectivity index (χ0) is 14.9. The molecule has 0 aliphatic carbocycles.